The van der Waals surface area contributed by atoms with E-state index < -0.39 is 5.54 Å². The van der Waals surface area contributed by atoms with E-state index in [1.54, 1.807) is 24.1 Å². The van der Waals surface area contributed by atoms with Crippen LogP contribution in [0.4, 0.5) is 10.5 Å². The van der Waals surface area contributed by atoms with Crippen LogP contribution in [0.3, 0.4) is 0 Å². The predicted molar refractivity (Wildman–Crippen MR) is 105 cm³/mol. The van der Waals surface area contributed by atoms with E-state index in [1.165, 1.54) is 0 Å². The number of benzene rings is 1. The smallest absolute Gasteiger partial charge is 0.319 e. The largest absolute Gasteiger partial charge is 0.450 e. The molecule has 7 heteroatoms. The molecule has 0 saturated heterocycles. The summed E-state index contributed by atoms with van der Waals surface area (Å²) in [5.41, 5.74) is 1.60. The molecule has 1 aliphatic heterocycles. The summed E-state index contributed by atoms with van der Waals surface area (Å²) in [7, 11) is 1.76. The van der Waals surface area contributed by atoms with Crippen molar-refractivity contribution < 1.29 is 14.0 Å². The number of hydrogen-bond acceptors (Lipinski definition) is 3. The minimum atomic E-state index is -0.499. The van der Waals surface area contributed by atoms with Crippen LogP contribution in [0, 0.1) is 0 Å². The topological polar surface area (TPSA) is 74.6 Å². The number of hydrogen-bond donors (Lipinski definition) is 2. The molecule has 0 radical (unpaired) electrons. The zero-order valence-electron chi connectivity index (χ0n) is 15.8. The van der Waals surface area contributed by atoms with Crippen molar-refractivity contribution in [2.45, 2.75) is 57.5 Å². The van der Waals surface area contributed by atoms with Gasteiger partial charge in [0.2, 0.25) is 0 Å². The molecule has 2 aliphatic rings. The summed E-state index contributed by atoms with van der Waals surface area (Å²) < 4.78 is 6.08. The van der Waals surface area contributed by atoms with Gasteiger partial charge in [0.25, 0.3) is 5.91 Å². The fraction of sp³-hybridized carbons (Fsp3) is 0.500. The van der Waals surface area contributed by atoms with Gasteiger partial charge in [0.05, 0.1) is 16.2 Å². The van der Waals surface area contributed by atoms with Gasteiger partial charge in [-0.2, -0.15) is 0 Å². The molecule has 0 bridgehead atoms. The minimum absolute atomic E-state index is 0.0638. The van der Waals surface area contributed by atoms with Gasteiger partial charge >= 0.3 is 6.03 Å². The fourth-order valence-corrected chi connectivity index (χ4v) is 4.46. The summed E-state index contributed by atoms with van der Waals surface area (Å²) in [6.45, 7) is 3.91. The number of carbonyl (C=O) groups excluding carboxylic acids is 2. The van der Waals surface area contributed by atoms with Crippen LogP contribution >= 0.6 is 11.6 Å². The van der Waals surface area contributed by atoms with Crippen LogP contribution in [0.1, 0.15) is 62.1 Å². The van der Waals surface area contributed by atoms with Crippen LogP contribution < -0.4 is 10.6 Å². The van der Waals surface area contributed by atoms with E-state index in [4.69, 9.17) is 16.0 Å². The summed E-state index contributed by atoms with van der Waals surface area (Å²) in [5.74, 6) is 0.116. The molecular weight excluding hydrogens is 366 g/mol. The number of rotatable bonds is 2. The zero-order valence-corrected chi connectivity index (χ0v) is 16.6. The summed E-state index contributed by atoms with van der Waals surface area (Å²) in [5, 5.41) is 7.20. The van der Waals surface area contributed by atoms with Gasteiger partial charge in [0.1, 0.15) is 5.58 Å². The maximum atomic E-state index is 12.7. The van der Waals surface area contributed by atoms with Crippen LogP contribution in [-0.2, 0) is 5.54 Å². The number of amides is 3. The number of nitrogens with zero attached hydrogens (tertiary/aromatic N) is 1. The Morgan fingerprint density at radius 2 is 1.96 bits per heavy atom. The zero-order chi connectivity index (χ0) is 19.3. The average Bonchev–Trinajstić information content (AvgIpc) is 3.04. The molecule has 4 rings (SSSR count). The SMILES string of the molecule is CC(C)N(C)C(=O)c1cc2cc(Cl)c3c(c2o1)C1(CCCCC1)NC(=O)N3. The molecule has 2 N–H and O–H groups in total. The summed E-state index contributed by atoms with van der Waals surface area (Å²) >= 11 is 6.51. The number of furan rings is 1. The second kappa shape index (κ2) is 6.44. The molecule has 1 fully saturated rings. The molecule has 0 unspecified atom stereocenters. The van der Waals surface area contributed by atoms with E-state index in [2.05, 4.69) is 10.6 Å². The van der Waals surface area contributed by atoms with E-state index >= 15 is 0 Å². The van der Waals surface area contributed by atoms with Crippen LogP contribution in [-0.4, -0.2) is 29.9 Å². The second-order valence-corrected chi connectivity index (χ2v) is 8.28. The third-order valence-electron chi connectivity index (χ3n) is 5.84. The van der Waals surface area contributed by atoms with Gasteiger partial charge in [-0.25, -0.2) is 4.79 Å². The normalized spacial score (nSPS) is 18.3. The highest BCUT2D eigenvalue weighted by Gasteiger charge is 2.44. The Morgan fingerprint density at radius 1 is 1.26 bits per heavy atom. The van der Waals surface area contributed by atoms with Gasteiger partial charge in [-0.1, -0.05) is 30.9 Å². The van der Waals surface area contributed by atoms with Crippen molar-refractivity contribution in [1.29, 1.82) is 0 Å². The van der Waals surface area contributed by atoms with Gasteiger partial charge in [0.15, 0.2) is 5.76 Å². The number of anilines is 1. The number of urea groups is 1. The van der Waals surface area contributed by atoms with Crippen molar-refractivity contribution in [3.05, 3.63) is 28.5 Å². The Kier molecular flexibility index (Phi) is 4.34. The van der Waals surface area contributed by atoms with Crippen molar-refractivity contribution >= 4 is 40.2 Å². The number of nitrogens with one attached hydrogen (secondary N) is 2. The maximum Gasteiger partial charge on any atom is 0.319 e. The highest BCUT2D eigenvalue weighted by molar-refractivity contribution is 6.35. The molecule has 1 aromatic carbocycles. The molecule has 3 amide bonds. The third-order valence-corrected chi connectivity index (χ3v) is 6.14. The highest BCUT2D eigenvalue weighted by atomic mass is 35.5. The highest BCUT2D eigenvalue weighted by Crippen LogP contribution is 2.49. The molecule has 1 aliphatic carbocycles. The van der Waals surface area contributed by atoms with Crippen LogP contribution in [0.15, 0.2) is 16.5 Å². The van der Waals surface area contributed by atoms with Gasteiger partial charge in [-0.05, 0) is 38.8 Å². The van der Waals surface area contributed by atoms with E-state index in [0.717, 1.165) is 43.1 Å². The molecule has 1 spiro atoms. The molecule has 2 heterocycles. The van der Waals surface area contributed by atoms with Crippen LogP contribution in [0.25, 0.3) is 11.0 Å². The Bertz CT molecular complexity index is 928. The predicted octanol–water partition coefficient (Wildman–Crippen LogP) is 4.86. The number of fused-ring (bicyclic) bond motifs is 4. The van der Waals surface area contributed by atoms with Crippen LogP contribution in [0.2, 0.25) is 5.02 Å². The first-order valence-electron chi connectivity index (χ1n) is 9.45. The van der Waals surface area contributed by atoms with Crippen molar-refractivity contribution in [2.75, 3.05) is 12.4 Å². The van der Waals surface area contributed by atoms with Gasteiger partial charge in [0, 0.05) is 24.0 Å². The monoisotopic (exact) mass is 389 g/mol. The first-order chi connectivity index (χ1) is 12.8. The fourth-order valence-electron chi connectivity index (χ4n) is 4.20. The quantitative estimate of drug-likeness (QED) is 0.770. The standard InChI is InChI=1S/C20H24ClN3O3/c1-11(2)24(3)18(25)14-10-12-9-13(21)16-15(17(12)27-14)20(23-19(26)22-16)7-5-4-6-8-20/h9-11H,4-8H2,1-3H3,(H2,22,23,26). The lowest BCUT2D eigenvalue weighted by Gasteiger charge is -2.42. The number of carbonyl (C=O) groups is 2. The molecule has 1 saturated carbocycles. The molecule has 1 aromatic heterocycles. The summed E-state index contributed by atoms with van der Waals surface area (Å²) in [6.07, 6.45) is 4.86. The summed E-state index contributed by atoms with van der Waals surface area (Å²) in [6, 6.07) is 3.32. The third kappa shape index (κ3) is 2.87. The Labute approximate surface area is 163 Å². The van der Waals surface area contributed by atoms with Crippen LogP contribution in [0.5, 0.6) is 0 Å². The van der Waals surface area contributed by atoms with Crippen molar-refractivity contribution in [2.24, 2.45) is 0 Å². The molecule has 2 aromatic rings. The maximum absolute atomic E-state index is 12.7. The molecule has 6 nitrogen and oxygen atoms in total. The Balaban J connectivity index is 1.92. The van der Waals surface area contributed by atoms with E-state index in [1.807, 2.05) is 13.8 Å². The summed E-state index contributed by atoms with van der Waals surface area (Å²) in [4.78, 5) is 26.7. The van der Waals surface area contributed by atoms with E-state index in [-0.39, 0.29) is 23.7 Å². The van der Waals surface area contributed by atoms with Gasteiger partial charge in [-0.15, -0.1) is 0 Å². The van der Waals surface area contributed by atoms with Crippen molar-refractivity contribution in [3.8, 4) is 0 Å². The molecular formula is C20H24ClN3O3. The Morgan fingerprint density at radius 3 is 2.63 bits per heavy atom. The first kappa shape index (κ1) is 18.2. The minimum Gasteiger partial charge on any atom is -0.450 e. The van der Waals surface area contributed by atoms with E-state index in [9.17, 15) is 9.59 Å². The number of halogens is 1. The lowest BCUT2D eigenvalue weighted by atomic mass is 9.74. The second-order valence-electron chi connectivity index (χ2n) is 7.87. The first-order valence-corrected chi connectivity index (χ1v) is 9.83. The van der Waals surface area contributed by atoms with Crippen molar-refractivity contribution in [3.63, 3.8) is 0 Å². The lowest BCUT2D eigenvalue weighted by Crippen LogP contribution is -2.52. The van der Waals surface area contributed by atoms with E-state index in [0.29, 0.717) is 16.3 Å². The molecule has 144 valence electrons. The molecule has 27 heavy (non-hydrogen) atoms. The van der Waals surface area contributed by atoms with Gasteiger partial charge in [-0.3, -0.25) is 4.79 Å². The van der Waals surface area contributed by atoms with Gasteiger partial charge < -0.3 is 20.0 Å². The average molecular weight is 390 g/mol. The molecule has 0 atom stereocenters. The lowest BCUT2D eigenvalue weighted by molar-refractivity contribution is 0.0725. The Hall–Kier alpha value is -2.21. The van der Waals surface area contributed by atoms with Crippen molar-refractivity contribution in [1.82, 2.24) is 10.2 Å².